The smallest absolute Gasteiger partial charge is 0.336 e. The lowest BCUT2D eigenvalue weighted by atomic mass is 9.77. The molecular weight excluding hydrogens is 466 g/mol. The Morgan fingerprint density at radius 1 is 1.31 bits per heavy atom. The number of aliphatic hydroxyl groups excluding tert-OH is 1. The molecule has 9 heteroatoms. The zero-order chi connectivity index (χ0) is 25.3. The van der Waals surface area contributed by atoms with Gasteiger partial charge >= 0.3 is 11.9 Å². The van der Waals surface area contributed by atoms with E-state index >= 15 is 0 Å². The number of hydrogen-bond acceptors (Lipinski definition) is 9. The van der Waals surface area contributed by atoms with Gasteiger partial charge in [0.05, 0.1) is 31.6 Å². The van der Waals surface area contributed by atoms with Crippen molar-refractivity contribution >= 4 is 11.9 Å². The van der Waals surface area contributed by atoms with Crippen LogP contribution in [0.4, 0.5) is 0 Å². The van der Waals surface area contributed by atoms with E-state index in [-0.39, 0.29) is 24.9 Å². The minimum Gasteiger partial charge on any atom is -0.497 e. The number of methoxy groups -OCH3 is 1. The summed E-state index contributed by atoms with van der Waals surface area (Å²) in [7, 11) is 1.56. The fourth-order valence-corrected chi connectivity index (χ4v) is 6.01. The average Bonchev–Trinajstić information content (AvgIpc) is 3.55. The van der Waals surface area contributed by atoms with Gasteiger partial charge in [-0.15, -0.1) is 6.58 Å². The van der Waals surface area contributed by atoms with E-state index < -0.39 is 30.6 Å². The molecule has 2 unspecified atom stereocenters. The molecule has 5 rings (SSSR count). The van der Waals surface area contributed by atoms with E-state index in [1.54, 1.807) is 13.2 Å². The Kier molecular flexibility index (Phi) is 6.94. The second-order valence-electron chi connectivity index (χ2n) is 9.69. The number of esters is 2. The number of hydrogen-bond donors (Lipinski definition) is 1. The molecule has 1 saturated heterocycles. The Morgan fingerprint density at radius 2 is 2.11 bits per heavy atom. The molecule has 0 saturated carbocycles. The molecule has 1 fully saturated rings. The van der Waals surface area contributed by atoms with E-state index in [0.717, 1.165) is 49.2 Å². The summed E-state index contributed by atoms with van der Waals surface area (Å²) in [5.41, 5.74) is 1.78. The number of fused-ring (bicyclic) bond motifs is 3. The molecule has 3 heterocycles. The highest BCUT2D eigenvalue weighted by Gasteiger charge is 2.58. The highest BCUT2D eigenvalue weighted by Crippen LogP contribution is 2.55. The first-order valence-corrected chi connectivity index (χ1v) is 12.6. The van der Waals surface area contributed by atoms with Gasteiger partial charge in [0.15, 0.2) is 23.7 Å². The summed E-state index contributed by atoms with van der Waals surface area (Å²) in [6.07, 6.45) is 5.07. The SMILES string of the molecule is C=CCCCOC(=O)C[C@@H](O)C(=O)OC1C(OC)=CC23CCCN2CCc2cc4c(cc2[C@H]13)OCO4. The predicted molar refractivity (Wildman–Crippen MR) is 129 cm³/mol. The maximum Gasteiger partial charge on any atom is 0.336 e. The minimum atomic E-state index is -1.63. The van der Waals surface area contributed by atoms with Crippen molar-refractivity contribution in [3.8, 4) is 11.5 Å². The third-order valence-corrected chi connectivity index (χ3v) is 7.66. The lowest BCUT2D eigenvalue weighted by Crippen LogP contribution is -2.47. The van der Waals surface area contributed by atoms with E-state index in [9.17, 15) is 14.7 Å². The Labute approximate surface area is 210 Å². The van der Waals surface area contributed by atoms with Crippen molar-refractivity contribution in [2.75, 3.05) is 33.6 Å². The van der Waals surface area contributed by atoms with Gasteiger partial charge in [-0.1, -0.05) is 6.08 Å². The van der Waals surface area contributed by atoms with Crippen molar-refractivity contribution < 1.29 is 38.4 Å². The van der Waals surface area contributed by atoms with Crippen molar-refractivity contribution in [1.29, 1.82) is 0 Å². The Bertz CT molecular complexity index is 1070. The highest BCUT2D eigenvalue weighted by molar-refractivity contribution is 5.82. The largest absolute Gasteiger partial charge is 0.497 e. The van der Waals surface area contributed by atoms with Gasteiger partial charge in [-0.2, -0.15) is 0 Å². The fourth-order valence-electron chi connectivity index (χ4n) is 6.01. The van der Waals surface area contributed by atoms with Crippen LogP contribution in [-0.4, -0.2) is 73.3 Å². The van der Waals surface area contributed by atoms with Crippen LogP contribution >= 0.6 is 0 Å². The second kappa shape index (κ2) is 10.1. The van der Waals surface area contributed by atoms with E-state index in [4.69, 9.17) is 23.7 Å². The molecule has 9 nitrogen and oxygen atoms in total. The van der Waals surface area contributed by atoms with Gasteiger partial charge < -0.3 is 28.8 Å². The Hall–Kier alpha value is -3.04. The highest BCUT2D eigenvalue weighted by atomic mass is 16.7. The quantitative estimate of drug-likeness (QED) is 0.312. The van der Waals surface area contributed by atoms with Gasteiger partial charge in [0, 0.05) is 6.54 Å². The number of benzene rings is 1. The molecule has 1 spiro atoms. The standard InChI is InChI=1S/C27H33NO8/c1-3-4-5-11-33-23(30)14-19(29)26(31)36-25-22(32-2)15-27-8-6-9-28(27)10-7-17-12-20-21(35-16-34-20)13-18(17)24(25)27/h3,12-13,15,19,24-25,29H,1,4-11,14,16H2,2H3/t19-,24-,25?,27?/m1/s1. The summed E-state index contributed by atoms with van der Waals surface area (Å²) in [5, 5.41) is 10.5. The molecule has 1 N–H and O–H groups in total. The topological polar surface area (TPSA) is 104 Å². The van der Waals surface area contributed by atoms with Crippen molar-refractivity contribution in [2.45, 2.75) is 62.2 Å². The Balaban J connectivity index is 1.39. The van der Waals surface area contributed by atoms with Gasteiger partial charge in [-0.25, -0.2) is 4.79 Å². The zero-order valence-corrected chi connectivity index (χ0v) is 20.6. The summed E-state index contributed by atoms with van der Waals surface area (Å²) < 4.78 is 28.0. The first-order chi connectivity index (χ1) is 17.5. The number of carbonyl (C=O) groups is 2. The third-order valence-electron chi connectivity index (χ3n) is 7.66. The molecule has 0 radical (unpaired) electrons. The van der Waals surface area contributed by atoms with Crippen molar-refractivity contribution in [1.82, 2.24) is 4.90 Å². The van der Waals surface area contributed by atoms with Gasteiger partial charge in [0.25, 0.3) is 0 Å². The van der Waals surface area contributed by atoms with Crippen LogP contribution in [0.15, 0.2) is 36.6 Å². The lowest BCUT2D eigenvalue weighted by molar-refractivity contribution is -0.165. The number of allylic oxidation sites excluding steroid dienone is 1. The van der Waals surface area contributed by atoms with Crippen molar-refractivity contribution in [3.63, 3.8) is 0 Å². The van der Waals surface area contributed by atoms with Crippen LogP contribution in [0, 0.1) is 0 Å². The van der Waals surface area contributed by atoms with Crippen molar-refractivity contribution in [3.05, 3.63) is 47.7 Å². The van der Waals surface area contributed by atoms with Crippen LogP contribution in [0.3, 0.4) is 0 Å². The molecule has 36 heavy (non-hydrogen) atoms. The van der Waals surface area contributed by atoms with Crippen LogP contribution in [0.2, 0.25) is 0 Å². The Morgan fingerprint density at radius 3 is 2.89 bits per heavy atom. The summed E-state index contributed by atoms with van der Waals surface area (Å²) in [4.78, 5) is 27.5. The molecule has 3 aliphatic heterocycles. The maximum atomic E-state index is 13.0. The number of rotatable bonds is 9. The van der Waals surface area contributed by atoms with E-state index in [0.29, 0.717) is 24.4 Å². The third kappa shape index (κ3) is 4.35. The average molecular weight is 500 g/mol. The van der Waals surface area contributed by atoms with Gasteiger partial charge in [0.2, 0.25) is 6.79 Å². The zero-order valence-electron chi connectivity index (χ0n) is 20.6. The van der Waals surface area contributed by atoms with Gasteiger partial charge in [0.1, 0.15) is 5.76 Å². The fraction of sp³-hybridized carbons (Fsp3) is 0.556. The van der Waals surface area contributed by atoms with Gasteiger partial charge in [-0.05, 0) is 68.0 Å². The second-order valence-corrected chi connectivity index (χ2v) is 9.69. The van der Waals surface area contributed by atoms with Gasteiger partial charge in [-0.3, -0.25) is 9.69 Å². The number of nitrogens with zero attached hydrogens (tertiary/aromatic N) is 1. The molecule has 0 amide bonds. The molecule has 4 atom stereocenters. The minimum absolute atomic E-state index is 0.177. The molecule has 0 aromatic heterocycles. The number of aliphatic hydroxyl groups is 1. The van der Waals surface area contributed by atoms with Crippen molar-refractivity contribution in [2.24, 2.45) is 0 Å². The molecule has 194 valence electrons. The molecule has 1 aromatic rings. The van der Waals surface area contributed by atoms with E-state index in [2.05, 4.69) is 17.6 Å². The monoisotopic (exact) mass is 499 g/mol. The normalized spacial score (nSPS) is 26.7. The molecule has 1 aliphatic carbocycles. The number of carbonyl (C=O) groups excluding carboxylic acids is 2. The molecule has 0 bridgehead atoms. The summed E-state index contributed by atoms with van der Waals surface area (Å²) in [6.45, 7) is 5.80. The first-order valence-electron chi connectivity index (χ1n) is 12.6. The lowest BCUT2D eigenvalue weighted by Gasteiger charge is -2.39. The summed E-state index contributed by atoms with van der Waals surface area (Å²) in [5.74, 6) is 0.167. The summed E-state index contributed by atoms with van der Waals surface area (Å²) >= 11 is 0. The first kappa shape index (κ1) is 24.6. The molecular formula is C27H33NO8. The van der Waals surface area contributed by atoms with Crippen LogP contribution in [-0.2, 0) is 30.2 Å². The van der Waals surface area contributed by atoms with E-state index in [1.165, 1.54) is 0 Å². The summed E-state index contributed by atoms with van der Waals surface area (Å²) in [6, 6.07) is 4.02. The molecule has 4 aliphatic rings. The number of unbranched alkanes of at least 4 members (excludes halogenated alkanes) is 1. The predicted octanol–water partition coefficient (Wildman–Crippen LogP) is 2.61. The van der Waals surface area contributed by atoms with Crippen LogP contribution in [0.5, 0.6) is 11.5 Å². The van der Waals surface area contributed by atoms with Crippen LogP contribution in [0.1, 0.15) is 49.1 Å². The maximum absolute atomic E-state index is 13.0. The van der Waals surface area contributed by atoms with Crippen LogP contribution < -0.4 is 9.47 Å². The molecule has 1 aromatic carbocycles. The van der Waals surface area contributed by atoms with E-state index in [1.807, 2.05) is 12.1 Å². The number of ether oxygens (including phenoxy) is 5. The van der Waals surface area contributed by atoms with Crippen LogP contribution in [0.25, 0.3) is 0 Å².